The molecule has 0 spiro atoms. The molecule has 4 heteroatoms. The van der Waals surface area contributed by atoms with Crippen LogP contribution in [0.4, 0.5) is 4.39 Å². The average molecular weight is 225 g/mol. The van der Waals surface area contributed by atoms with Gasteiger partial charge in [-0.1, -0.05) is 0 Å². The molecule has 0 aromatic carbocycles. The fraction of sp³-hybridized carbons (Fsp3) is 0.750. The van der Waals surface area contributed by atoms with E-state index in [0.29, 0.717) is 19.3 Å². The first-order valence-electron chi connectivity index (χ1n) is 6.13. The summed E-state index contributed by atoms with van der Waals surface area (Å²) in [6.07, 6.45) is 6.31. The Morgan fingerprint density at radius 3 is 3.19 bits per heavy atom. The van der Waals surface area contributed by atoms with E-state index in [4.69, 9.17) is 0 Å². The number of rotatable bonds is 3. The summed E-state index contributed by atoms with van der Waals surface area (Å²) in [5.74, 6) is 0.881. The number of nitrogens with zero attached hydrogens (tertiary/aromatic N) is 2. The Labute approximate surface area is 96.1 Å². The maximum Gasteiger partial charge on any atom is 0.119 e. The highest BCUT2D eigenvalue weighted by molar-refractivity contribution is 5.00. The Balaban J connectivity index is 2.06. The zero-order valence-electron chi connectivity index (χ0n) is 9.88. The predicted molar refractivity (Wildman–Crippen MR) is 62.2 cm³/mol. The van der Waals surface area contributed by atoms with Gasteiger partial charge in [0.25, 0.3) is 0 Å². The smallest absolute Gasteiger partial charge is 0.119 e. The molecule has 0 radical (unpaired) electrons. The zero-order chi connectivity index (χ0) is 11.4. The molecule has 1 aliphatic heterocycles. The van der Waals surface area contributed by atoms with Crippen molar-refractivity contribution >= 4 is 0 Å². The van der Waals surface area contributed by atoms with Crippen LogP contribution >= 0.6 is 0 Å². The van der Waals surface area contributed by atoms with Crippen LogP contribution in [-0.4, -0.2) is 28.3 Å². The Hall–Kier alpha value is -0.900. The van der Waals surface area contributed by atoms with Crippen LogP contribution < -0.4 is 5.32 Å². The number of imidazole rings is 1. The lowest BCUT2D eigenvalue weighted by atomic mass is 9.93. The highest BCUT2D eigenvalue weighted by Crippen LogP contribution is 2.28. The first-order chi connectivity index (χ1) is 7.73. The Bertz CT molecular complexity index is 327. The van der Waals surface area contributed by atoms with E-state index in [1.165, 1.54) is 0 Å². The fourth-order valence-electron chi connectivity index (χ4n) is 2.35. The molecule has 1 fully saturated rings. The highest BCUT2D eigenvalue weighted by Gasteiger charge is 2.32. The molecule has 0 bridgehead atoms. The Morgan fingerprint density at radius 2 is 2.38 bits per heavy atom. The molecule has 0 amide bonds. The molecule has 1 atom stereocenters. The molecule has 1 unspecified atom stereocenters. The standard InChI is InChI=1S/C12H20FN3/c1-2-16-9-8-15-11(16)10-12(13)4-3-6-14-7-5-12/h8-9,14H,2-7,10H2,1H3. The van der Waals surface area contributed by atoms with Gasteiger partial charge in [-0.15, -0.1) is 0 Å². The summed E-state index contributed by atoms with van der Waals surface area (Å²) >= 11 is 0. The topological polar surface area (TPSA) is 29.9 Å². The van der Waals surface area contributed by atoms with Crippen LogP contribution in [0, 0.1) is 0 Å². The van der Waals surface area contributed by atoms with Gasteiger partial charge in [-0.3, -0.25) is 0 Å². The number of halogens is 1. The number of alkyl halides is 1. The van der Waals surface area contributed by atoms with Crippen LogP contribution in [0.15, 0.2) is 12.4 Å². The van der Waals surface area contributed by atoms with Gasteiger partial charge in [0.05, 0.1) is 0 Å². The Kier molecular flexibility index (Phi) is 3.59. The van der Waals surface area contributed by atoms with E-state index in [2.05, 4.69) is 17.2 Å². The lowest BCUT2D eigenvalue weighted by Gasteiger charge is -2.23. The molecule has 0 aliphatic carbocycles. The van der Waals surface area contributed by atoms with Crippen molar-refractivity contribution in [3.05, 3.63) is 18.2 Å². The van der Waals surface area contributed by atoms with Crippen LogP contribution in [0.3, 0.4) is 0 Å². The summed E-state index contributed by atoms with van der Waals surface area (Å²) in [4.78, 5) is 4.26. The summed E-state index contributed by atoms with van der Waals surface area (Å²) in [6.45, 7) is 4.64. The van der Waals surface area contributed by atoms with Crippen molar-refractivity contribution in [2.45, 2.75) is 44.8 Å². The number of aromatic nitrogens is 2. The molecular weight excluding hydrogens is 205 g/mol. The van der Waals surface area contributed by atoms with Gasteiger partial charge in [0.1, 0.15) is 11.5 Å². The van der Waals surface area contributed by atoms with E-state index in [1.54, 1.807) is 6.20 Å². The normalized spacial score (nSPS) is 26.6. The van der Waals surface area contributed by atoms with E-state index in [-0.39, 0.29) is 0 Å². The SMILES string of the molecule is CCn1ccnc1CC1(F)CCCNCC1. The van der Waals surface area contributed by atoms with Gasteiger partial charge in [-0.05, 0) is 39.3 Å². The molecule has 90 valence electrons. The van der Waals surface area contributed by atoms with Crippen LogP contribution in [0.1, 0.15) is 32.0 Å². The third kappa shape index (κ3) is 2.61. The number of hydrogen-bond donors (Lipinski definition) is 1. The summed E-state index contributed by atoms with van der Waals surface area (Å²) in [7, 11) is 0. The average Bonchev–Trinajstić information content (AvgIpc) is 2.59. The van der Waals surface area contributed by atoms with Gasteiger partial charge < -0.3 is 9.88 Å². The molecule has 2 heterocycles. The van der Waals surface area contributed by atoms with Gasteiger partial charge in [0.2, 0.25) is 0 Å². The second kappa shape index (κ2) is 4.95. The molecule has 3 nitrogen and oxygen atoms in total. The predicted octanol–water partition coefficient (Wildman–Crippen LogP) is 1.93. The van der Waals surface area contributed by atoms with Gasteiger partial charge in [0, 0.05) is 25.4 Å². The van der Waals surface area contributed by atoms with Gasteiger partial charge in [-0.2, -0.15) is 0 Å². The lowest BCUT2D eigenvalue weighted by molar-refractivity contribution is 0.140. The summed E-state index contributed by atoms with van der Waals surface area (Å²) in [5.41, 5.74) is -1.07. The fourth-order valence-corrected chi connectivity index (χ4v) is 2.35. The number of hydrogen-bond acceptors (Lipinski definition) is 2. The molecule has 2 rings (SSSR count). The quantitative estimate of drug-likeness (QED) is 0.852. The second-order valence-electron chi connectivity index (χ2n) is 4.56. The largest absolute Gasteiger partial charge is 0.335 e. The monoisotopic (exact) mass is 225 g/mol. The maximum atomic E-state index is 14.6. The molecule has 16 heavy (non-hydrogen) atoms. The molecule has 1 saturated heterocycles. The molecule has 1 aliphatic rings. The highest BCUT2D eigenvalue weighted by atomic mass is 19.1. The summed E-state index contributed by atoms with van der Waals surface area (Å²) < 4.78 is 16.6. The van der Waals surface area contributed by atoms with Crippen LogP contribution in [0.25, 0.3) is 0 Å². The molecule has 1 aromatic heterocycles. The molecule has 1 N–H and O–H groups in total. The molecular formula is C12H20FN3. The van der Waals surface area contributed by atoms with Crippen LogP contribution in [0.2, 0.25) is 0 Å². The van der Waals surface area contributed by atoms with Gasteiger partial charge in [-0.25, -0.2) is 9.37 Å². The summed E-state index contributed by atoms with van der Waals surface area (Å²) in [6, 6.07) is 0. The zero-order valence-corrected chi connectivity index (χ0v) is 9.88. The minimum atomic E-state index is -1.07. The minimum Gasteiger partial charge on any atom is -0.335 e. The van der Waals surface area contributed by atoms with Crippen molar-refractivity contribution in [3.63, 3.8) is 0 Å². The van der Waals surface area contributed by atoms with Crippen molar-refractivity contribution in [2.24, 2.45) is 0 Å². The molecule has 1 aromatic rings. The van der Waals surface area contributed by atoms with Crippen molar-refractivity contribution in [3.8, 4) is 0 Å². The number of aryl methyl sites for hydroxylation is 1. The first kappa shape index (κ1) is 11.6. The van der Waals surface area contributed by atoms with E-state index < -0.39 is 5.67 Å². The third-order valence-electron chi connectivity index (χ3n) is 3.35. The van der Waals surface area contributed by atoms with E-state index in [9.17, 15) is 4.39 Å². The van der Waals surface area contributed by atoms with Crippen molar-refractivity contribution in [1.29, 1.82) is 0 Å². The third-order valence-corrected chi connectivity index (χ3v) is 3.35. The van der Waals surface area contributed by atoms with Crippen molar-refractivity contribution in [1.82, 2.24) is 14.9 Å². The van der Waals surface area contributed by atoms with Crippen LogP contribution in [0.5, 0.6) is 0 Å². The summed E-state index contributed by atoms with van der Waals surface area (Å²) in [5, 5.41) is 3.24. The lowest BCUT2D eigenvalue weighted by Crippen LogP contribution is -2.29. The van der Waals surface area contributed by atoms with E-state index in [0.717, 1.165) is 31.9 Å². The van der Waals surface area contributed by atoms with Gasteiger partial charge in [0.15, 0.2) is 0 Å². The Morgan fingerprint density at radius 1 is 1.50 bits per heavy atom. The van der Waals surface area contributed by atoms with Crippen molar-refractivity contribution < 1.29 is 4.39 Å². The molecule has 0 saturated carbocycles. The van der Waals surface area contributed by atoms with Gasteiger partial charge >= 0.3 is 0 Å². The second-order valence-corrected chi connectivity index (χ2v) is 4.56. The van der Waals surface area contributed by atoms with E-state index in [1.807, 2.05) is 10.8 Å². The maximum absolute atomic E-state index is 14.6. The van der Waals surface area contributed by atoms with Crippen molar-refractivity contribution in [2.75, 3.05) is 13.1 Å². The first-order valence-corrected chi connectivity index (χ1v) is 6.13. The number of nitrogens with one attached hydrogen (secondary N) is 1. The minimum absolute atomic E-state index is 0.454. The van der Waals surface area contributed by atoms with E-state index >= 15 is 0 Å². The van der Waals surface area contributed by atoms with Crippen LogP contribution in [-0.2, 0) is 13.0 Å².